The Hall–Kier alpha value is -1.36. The Kier molecular flexibility index (Phi) is 4.14. The van der Waals surface area contributed by atoms with E-state index in [1.165, 1.54) is 0 Å². The third-order valence-electron chi connectivity index (χ3n) is 3.03. The molecule has 5 heteroatoms. The Labute approximate surface area is 101 Å². The highest BCUT2D eigenvalue weighted by Crippen LogP contribution is 2.10. The minimum Gasteiger partial charge on any atom is -0.444 e. The molecule has 1 saturated heterocycles. The molecule has 0 aromatic carbocycles. The van der Waals surface area contributed by atoms with E-state index in [-0.39, 0.29) is 11.8 Å². The second-order valence-electron chi connectivity index (χ2n) is 4.33. The summed E-state index contributed by atoms with van der Waals surface area (Å²) in [6.07, 6.45) is 4.57. The summed E-state index contributed by atoms with van der Waals surface area (Å²) in [4.78, 5) is 15.9. The Bertz CT molecular complexity index is 370. The van der Waals surface area contributed by atoms with Crippen LogP contribution in [0.2, 0.25) is 0 Å². The molecule has 17 heavy (non-hydrogen) atoms. The second kappa shape index (κ2) is 5.82. The lowest BCUT2D eigenvalue weighted by molar-refractivity contribution is -0.125. The number of oxazole rings is 1. The number of carbonyl (C=O) groups excluding carboxylic acids is 1. The summed E-state index contributed by atoms with van der Waals surface area (Å²) in [7, 11) is 0. The molecule has 94 valence electrons. The van der Waals surface area contributed by atoms with E-state index in [2.05, 4.69) is 15.6 Å². The number of amides is 1. The number of aromatic nitrogens is 1. The molecule has 0 saturated carbocycles. The summed E-state index contributed by atoms with van der Waals surface area (Å²) in [5.41, 5.74) is 0. The lowest BCUT2D eigenvalue weighted by atomic mass is 9.99. The van der Waals surface area contributed by atoms with E-state index < -0.39 is 0 Å². The molecular formula is C12H19N3O2. The van der Waals surface area contributed by atoms with Gasteiger partial charge in [0, 0.05) is 13.0 Å². The van der Waals surface area contributed by atoms with Crippen molar-refractivity contribution < 1.29 is 9.21 Å². The number of nitrogens with zero attached hydrogens (tertiary/aromatic N) is 1. The van der Waals surface area contributed by atoms with Crippen LogP contribution in [-0.2, 0) is 17.8 Å². The van der Waals surface area contributed by atoms with Crippen molar-refractivity contribution in [1.29, 1.82) is 0 Å². The lowest BCUT2D eigenvalue weighted by Crippen LogP contribution is -2.40. The molecule has 5 nitrogen and oxygen atoms in total. The number of carbonyl (C=O) groups is 1. The number of rotatable bonds is 4. The predicted octanol–water partition coefficient (Wildman–Crippen LogP) is 0.853. The Morgan fingerprint density at radius 3 is 3.24 bits per heavy atom. The monoisotopic (exact) mass is 237 g/mol. The van der Waals surface area contributed by atoms with Crippen LogP contribution in [-0.4, -0.2) is 24.0 Å². The fourth-order valence-electron chi connectivity index (χ4n) is 1.98. The summed E-state index contributed by atoms with van der Waals surface area (Å²) in [6, 6.07) is 0. The van der Waals surface area contributed by atoms with Crippen LogP contribution in [0, 0.1) is 5.92 Å². The van der Waals surface area contributed by atoms with Crippen molar-refractivity contribution in [3.8, 4) is 0 Å². The average Bonchev–Trinajstić information content (AvgIpc) is 2.85. The van der Waals surface area contributed by atoms with Crippen LogP contribution in [0.4, 0.5) is 0 Å². The molecule has 1 aromatic heterocycles. The number of nitrogens with one attached hydrogen (secondary N) is 2. The van der Waals surface area contributed by atoms with Gasteiger partial charge in [0.25, 0.3) is 0 Å². The van der Waals surface area contributed by atoms with Crippen molar-refractivity contribution in [2.75, 3.05) is 13.1 Å². The molecule has 0 aliphatic carbocycles. The second-order valence-corrected chi connectivity index (χ2v) is 4.33. The van der Waals surface area contributed by atoms with E-state index in [0.29, 0.717) is 12.4 Å². The van der Waals surface area contributed by atoms with Crippen molar-refractivity contribution in [3.05, 3.63) is 17.8 Å². The van der Waals surface area contributed by atoms with Crippen molar-refractivity contribution in [3.63, 3.8) is 0 Å². The number of aryl methyl sites for hydroxylation is 1. The molecule has 1 aromatic rings. The van der Waals surface area contributed by atoms with Gasteiger partial charge in [-0.3, -0.25) is 4.79 Å². The standard InChI is InChI=1S/C12H19N3O2/c1-2-10-7-14-11(17-10)8-15-12(16)9-4-3-5-13-6-9/h7,9,13H,2-6,8H2,1H3,(H,15,16)/t9-/m1/s1. The zero-order valence-corrected chi connectivity index (χ0v) is 10.2. The Morgan fingerprint density at radius 1 is 1.71 bits per heavy atom. The van der Waals surface area contributed by atoms with Gasteiger partial charge in [0.1, 0.15) is 5.76 Å². The molecular weight excluding hydrogens is 218 g/mol. The van der Waals surface area contributed by atoms with Gasteiger partial charge in [0.05, 0.1) is 18.7 Å². The molecule has 1 fully saturated rings. The first-order chi connectivity index (χ1) is 8.29. The Balaban J connectivity index is 1.78. The van der Waals surface area contributed by atoms with E-state index in [0.717, 1.165) is 38.1 Å². The van der Waals surface area contributed by atoms with Crippen LogP contribution in [0.1, 0.15) is 31.4 Å². The molecule has 0 bridgehead atoms. The van der Waals surface area contributed by atoms with Crippen molar-refractivity contribution in [2.45, 2.75) is 32.7 Å². The van der Waals surface area contributed by atoms with Gasteiger partial charge in [-0.1, -0.05) is 6.92 Å². The first kappa shape index (κ1) is 12.1. The highest BCUT2D eigenvalue weighted by atomic mass is 16.4. The molecule has 1 aliphatic rings. The van der Waals surface area contributed by atoms with Crippen LogP contribution >= 0.6 is 0 Å². The molecule has 2 N–H and O–H groups in total. The molecule has 1 amide bonds. The average molecular weight is 237 g/mol. The SMILES string of the molecule is CCc1cnc(CNC(=O)[C@@H]2CCCNC2)o1. The topological polar surface area (TPSA) is 67.2 Å². The summed E-state index contributed by atoms with van der Waals surface area (Å²) < 4.78 is 5.43. The van der Waals surface area contributed by atoms with Gasteiger partial charge in [0.15, 0.2) is 0 Å². The maximum Gasteiger partial charge on any atom is 0.224 e. The zero-order chi connectivity index (χ0) is 12.1. The van der Waals surface area contributed by atoms with Crippen LogP contribution in [0.5, 0.6) is 0 Å². The number of hydrogen-bond donors (Lipinski definition) is 2. The van der Waals surface area contributed by atoms with Gasteiger partial charge in [0.2, 0.25) is 11.8 Å². The van der Waals surface area contributed by atoms with Gasteiger partial charge < -0.3 is 15.1 Å². The van der Waals surface area contributed by atoms with Crippen LogP contribution in [0.15, 0.2) is 10.6 Å². The van der Waals surface area contributed by atoms with E-state index >= 15 is 0 Å². The molecule has 2 heterocycles. The highest BCUT2D eigenvalue weighted by molar-refractivity contribution is 5.78. The summed E-state index contributed by atoms with van der Waals surface area (Å²) >= 11 is 0. The molecule has 1 aliphatic heterocycles. The van der Waals surface area contributed by atoms with Gasteiger partial charge >= 0.3 is 0 Å². The predicted molar refractivity (Wildman–Crippen MR) is 63.3 cm³/mol. The molecule has 1 atom stereocenters. The molecule has 0 spiro atoms. The zero-order valence-electron chi connectivity index (χ0n) is 10.2. The fourth-order valence-corrected chi connectivity index (χ4v) is 1.98. The van der Waals surface area contributed by atoms with Gasteiger partial charge in [-0.15, -0.1) is 0 Å². The lowest BCUT2D eigenvalue weighted by Gasteiger charge is -2.21. The maximum absolute atomic E-state index is 11.8. The smallest absolute Gasteiger partial charge is 0.224 e. The maximum atomic E-state index is 11.8. The van der Waals surface area contributed by atoms with Crippen LogP contribution in [0.3, 0.4) is 0 Å². The van der Waals surface area contributed by atoms with Crippen molar-refractivity contribution >= 4 is 5.91 Å². The molecule has 0 unspecified atom stereocenters. The van der Waals surface area contributed by atoms with Gasteiger partial charge in [-0.2, -0.15) is 0 Å². The largest absolute Gasteiger partial charge is 0.444 e. The van der Waals surface area contributed by atoms with E-state index in [9.17, 15) is 4.79 Å². The highest BCUT2D eigenvalue weighted by Gasteiger charge is 2.20. The van der Waals surface area contributed by atoms with Crippen molar-refractivity contribution in [1.82, 2.24) is 15.6 Å². The number of piperidine rings is 1. The molecule has 2 rings (SSSR count). The first-order valence-corrected chi connectivity index (χ1v) is 6.21. The van der Waals surface area contributed by atoms with Crippen molar-refractivity contribution in [2.24, 2.45) is 5.92 Å². The quantitative estimate of drug-likeness (QED) is 0.814. The Morgan fingerprint density at radius 2 is 2.59 bits per heavy atom. The third kappa shape index (κ3) is 3.30. The summed E-state index contributed by atoms with van der Waals surface area (Å²) in [5, 5.41) is 6.10. The summed E-state index contributed by atoms with van der Waals surface area (Å²) in [6.45, 7) is 4.19. The minimum atomic E-state index is 0.0874. The van der Waals surface area contributed by atoms with E-state index in [1.54, 1.807) is 6.20 Å². The minimum absolute atomic E-state index is 0.0874. The van der Waals surface area contributed by atoms with E-state index in [1.807, 2.05) is 6.92 Å². The van der Waals surface area contributed by atoms with Gasteiger partial charge in [-0.05, 0) is 19.4 Å². The fraction of sp³-hybridized carbons (Fsp3) is 0.667. The van der Waals surface area contributed by atoms with Crippen LogP contribution in [0.25, 0.3) is 0 Å². The van der Waals surface area contributed by atoms with E-state index in [4.69, 9.17) is 4.42 Å². The van der Waals surface area contributed by atoms with Gasteiger partial charge in [-0.25, -0.2) is 4.98 Å². The third-order valence-corrected chi connectivity index (χ3v) is 3.03. The first-order valence-electron chi connectivity index (χ1n) is 6.21. The number of hydrogen-bond acceptors (Lipinski definition) is 4. The summed E-state index contributed by atoms with van der Waals surface area (Å²) in [5.74, 6) is 1.62. The van der Waals surface area contributed by atoms with Crippen LogP contribution < -0.4 is 10.6 Å². The normalized spacial score (nSPS) is 20.2. The molecule has 0 radical (unpaired) electrons.